The quantitative estimate of drug-likeness (QED) is 0.152. The van der Waals surface area contributed by atoms with E-state index in [-0.39, 0.29) is 59.8 Å². The molecule has 0 aliphatic heterocycles. The smallest absolute Gasteiger partial charge is 0.216 e. The molecular weight excluding hydrogens is 1310 g/mol. The first-order chi connectivity index (χ1) is 48.8. The lowest BCUT2D eigenvalue weighted by Crippen LogP contribution is -2.38. The molecule has 4 saturated carbocycles. The van der Waals surface area contributed by atoms with E-state index in [1.165, 1.54) is 87.8 Å². The summed E-state index contributed by atoms with van der Waals surface area (Å²) < 4.78 is 0. The van der Waals surface area contributed by atoms with Crippen molar-refractivity contribution in [2.75, 3.05) is 0 Å². The molecule has 0 radical (unpaired) electrons. The fourth-order valence-corrected chi connectivity index (χ4v) is 25.5. The molecular formula is C86H60N6O4S4. The van der Waals surface area contributed by atoms with Crippen LogP contribution < -0.4 is 32.4 Å². The van der Waals surface area contributed by atoms with Gasteiger partial charge in [0.2, 0.25) is 21.7 Å². The van der Waals surface area contributed by atoms with Gasteiger partial charge in [0, 0.05) is 72.5 Å². The third kappa shape index (κ3) is 8.28. The Labute approximate surface area is 590 Å². The minimum absolute atomic E-state index is 0.0246. The van der Waals surface area contributed by atoms with E-state index in [9.17, 15) is 40.2 Å². The lowest BCUT2D eigenvalue weighted by atomic mass is 9.57. The van der Waals surface area contributed by atoms with E-state index in [0.717, 1.165) is 145 Å². The van der Waals surface area contributed by atoms with Crippen molar-refractivity contribution in [2.24, 2.45) is 21.8 Å². The van der Waals surface area contributed by atoms with Gasteiger partial charge in [0.05, 0.1) is 0 Å². The number of hydrogen-bond acceptors (Lipinski definition) is 14. The first-order valence-electron chi connectivity index (χ1n) is 35.3. The standard InChI is InChI=1S/C86H60N6O4S4/c87-41-45(42-88)26-53-32-67-79(97-53)59-37-66-62(36-63(59)83(67)19-7-1-8-20-83)80-68(33-54(98-80)27-46(43-89)44-90)86(66)23-11-16-52(40-86)47-17-24-85(25-18-47)65-35-60-64(34-61(65)82-70(85)39-72(100-82)92-74-77(95)57-30-50-14-5-6-15-51(50)31-58(57)78(74)96)84(21-9-2-10-22-84)69-38-71(99-81(60)69)91-73-75(93)55-28-48-12-3-4-13-49(48)29-56(55)76(73)94/h3-6,12-15,26-39,47,52H,1-2,7-11,16-25,40H2. The highest BCUT2D eigenvalue weighted by Crippen LogP contribution is 2.69. The van der Waals surface area contributed by atoms with Crippen LogP contribution in [0.2, 0.25) is 0 Å². The van der Waals surface area contributed by atoms with Crippen molar-refractivity contribution in [3.05, 3.63) is 238 Å². The van der Waals surface area contributed by atoms with Crippen LogP contribution in [0.1, 0.15) is 170 Å². The number of fused-ring (bicyclic) bond motifs is 24. The average Bonchev–Trinajstić information content (AvgIpc) is 1.52. The van der Waals surface area contributed by atoms with Gasteiger partial charge in [-0.25, -0.2) is 9.98 Å². The van der Waals surface area contributed by atoms with Gasteiger partial charge in [-0.1, -0.05) is 99.9 Å². The maximum Gasteiger partial charge on any atom is 0.216 e. The summed E-state index contributed by atoms with van der Waals surface area (Å²) in [6, 6.07) is 50.6. The Kier molecular flexibility index (Phi) is 13.1. The molecule has 14 heteroatoms. The molecule has 12 aromatic rings. The topological polar surface area (TPSA) is 188 Å². The minimum Gasteiger partial charge on any atom is -0.287 e. The Hall–Kier alpha value is -9.90. The van der Waals surface area contributed by atoms with Crippen molar-refractivity contribution >= 4 is 111 Å². The second-order valence-electron chi connectivity index (χ2n) is 29.8. The monoisotopic (exact) mass is 1370 g/mol. The highest BCUT2D eigenvalue weighted by Gasteiger charge is 2.55. The highest BCUT2D eigenvalue weighted by atomic mass is 32.1. The molecule has 4 fully saturated rings. The third-order valence-electron chi connectivity index (χ3n) is 25.2. The van der Waals surface area contributed by atoms with Crippen LogP contribution >= 0.6 is 45.3 Å². The molecule has 2 unspecified atom stereocenters. The van der Waals surface area contributed by atoms with Crippen LogP contribution in [0, 0.1) is 57.2 Å². The molecule has 20 rings (SSSR count). The van der Waals surface area contributed by atoms with Crippen LogP contribution in [-0.2, 0) is 21.7 Å². The molecule has 0 N–H and O–H groups in total. The Balaban J connectivity index is 0.709. The largest absolute Gasteiger partial charge is 0.287 e. The van der Waals surface area contributed by atoms with E-state index in [2.05, 4.69) is 72.8 Å². The lowest BCUT2D eigenvalue weighted by Gasteiger charge is -2.46. The number of nitrogens with zero attached hydrogens (tertiary/aromatic N) is 6. The van der Waals surface area contributed by atoms with Gasteiger partial charge in [-0.2, -0.15) is 21.0 Å². The second kappa shape index (κ2) is 21.8. The van der Waals surface area contributed by atoms with Crippen molar-refractivity contribution in [1.82, 2.24) is 0 Å². The summed E-state index contributed by atoms with van der Waals surface area (Å²) in [5, 5.41) is 46.4. The summed E-state index contributed by atoms with van der Waals surface area (Å²) in [5.41, 5.74) is 13.3. The average molecular weight is 1370 g/mol. The zero-order chi connectivity index (χ0) is 67.3. The van der Waals surface area contributed by atoms with Crippen LogP contribution in [0.25, 0.3) is 97.0 Å². The summed E-state index contributed by atoms with van der Waals surface area (Å²) in [6.07, 6.45) is 22.2. The van der Waals surface area contributed by atoms with E-state index >= 15 is 0 Å². The predicted octanol–water partition coefficient (Wildman–Crippen LogP) is 19.1. The van der Waals surface area contributed by atoms with E-state index in [1.807, 2.05) is 72.8 Å². The first-order valence-corrected chi connectivity index (χ1v) is 38.5. The summed E-state index contributed by atoms with van der Waals surface area (Å²) in [4.78, 5) is 74.2. The van der Waals surface area contributed by atoms with Crippen LogP contribution in [0.4, 0.5) is 10.0 Å². The normalized spacial score (nSPS) is 21.2. The van der Waals surface area contributed by atoms with Crippen molar-refractivity contribution in [3.63, 3.8) is 0 Å². The van der Waals surface area contributed by atoms with Crippen LogP contribution in [-0.4, -0.2) is 0 Å². The summed E-state index contributed by atoms with van der Waals surface area (Å²) in [6.45, 7) is 0. The zero-order valence-electron chi connectivity index (χ0n) is 54.5. The van der Waals surface area contributed by atoms with Crippen molar-refractivity contribution < 1.29 is 0 Å². The van der Waals surface area contributed by atoms with Gasteiger partial charge in [-0.05, 0) is 249 Å². The fourth-order valence-electron chi connectivity index (χ4n) is 20.7. The van der Waals surface area contributed by atoms with Crippen molar-refractivity contribution in [2.45, 2.75) is 137 Å². The summed E-state index contributed by atoms with van der Waals surface area (Å²) in [5.74, 6) is 0.808. The molecule has 4 spiro atoms. The van der Waals surface area contributed by atoms with Gasteiger partial charge in [-0.15, -0.1) is 45.3 Å². The number of allylic oxidation sites excluding steroid dienone is 2. The second-order valence-corrected chi connectivity index (χ2v) is 34.0. The minimum atomic E-state index is -0.396. The number of benzene rings is 6. The van der Waals surface area contributed by atoms with E-state index in [1.54, 1.807) is 57.5 Å². The zero-order valence-corrected chi connectivity index (χ0v) is 57.8. The van der Waals surface area contributed by atoms with Crippen molar-refractivity contribution in [1.29, 1.82) is 21.0 Å². The molecule has 2 atom stereocenters. The summed E-state index contributed by atoms with van der Waals surface area (Å²) >= 11 is 6.62. The van der Waals surface area contributed by atoms with Gasteiger partial charge in [0.15, 0.2) is 10.7 Å². The van der Waals surface area contributed by atoms with E-state index < -0.39 is 5.41 Å². The Morgan fingerprint density at radius 2 is 0.710 bits per heavy atom. The molecule has 0 saturated heterocycles. The van der Waals surface area contributed by atoms with Crippen LogP contribution in [0.5, 0.6) is 0 Å². The van der Waals surface area contributed by atoms with Gasteiger partial charge < -0.3 is 0 Å². The molecule has 8 aromatic carbocycles. The maximum atomic E-state index is 14.4. The lowest BCUT2D eigenvalue weighted by molar-refractivity contribution is 0.136. The van der Waals surface area contributed by atoms with Gasteiger partial charge in [0.25, 0.3) is 0 Å². The van der Waals surface area contributed by atoms with Crippen molar-refractivity contribution in [3.8, 4) is 66.0 Å². The SMILES string of the molecule is N#CC(C#N)=Cc1cc2c(s1)-c1cc3c(cc1C21CCCCC1)-c1sc(C=C(C#N)C#N)cc1C31CCCC(C2CCC3(CC2)c2cc4c(cc2-c2sc(N=c5c(=O)c6cc7ccccc7cc6c5=O)cc23)C2(CCCCC2)c2cc(N=c3c(=O)c5cc6ccccc6cc5c3=O)sc2-4)C1. The number of nitriles is 4. The number of hydrogen-bond donors (Lipinski definition) is 0. The molecule has 8 aliphatic rings. The van der Waals surface area contributed by atoms with Gasteiger partial charge in [-0.3, -0.25) is 19.2 Å². The molecule has 4 aromatic heterocycles. The third-order valence-corrected chi connectivity index (χ3v) is 29.6. The number of rotatable bonds is 5. The number of thiophene rings is 4. The molecule has 0 amide bonds. The molecule has 10 nitrogen and oxygen atoms in total. The van der Waals surface area contributed by atoms with E-state index in [4.69, 9.17) is 9.98 Å². The van der Waals surface area contributed by atoms with Crippen LogP contribution in [0.3, 0.4) is 0 Å². The molecule has 482 valence electrons. The van der Waals surface area contributed by atoms with Gasteiger partial charge in [0.1, 0.15) is 45.4 Å². The molecule has 100 heavy (non-hydrogen) atoms. The van der Waals surface area contributed by atoms with Gasteiger partial charge >= 0.3 is 0 Å². The highest BCUT2D eigenvalue weighted by molar-refractivity contribution is 7.20. The Bertz CT molecular complexity index is 6160. The maximum absolute atomic E-state index is 14.4. The fraction of sp³-hybridized carbons (Fsp3) is 0.279. The molecule has 8 aliphatic carbocycles. The van der Waals surface area contributed by atoms with Crippen LogP contribution in [0.15, 0.2) is 162 Å². The molecule has 4 heterocycles. The Morgan fingerprint density at radius 3 is 1.10 bits per heavy atom. The van der Waals surface area contributed by atoms with E-state index in [0.29, 0.717) is 43.4 Å². The Morgan fingerprint density at radius 1 is 0.370 bits per heavy atom. The summed E-state index contributed by atoms with van der Waals surface area (Å²) in [7, 11) is 0. The molecule has 0 bridgehead atoms. The predicted molar refractivity (Wildman–Crippen MR) is 401 cm³/mol. The first kappa shape index (κ1) is 60.1.